The Balaban J connectivity index is 0.00000169. The van der Waals surface area contributed by atoms with Crippen LogP contribution in [0.2, 0.25) is 0 Å². The smallest absolute Gasteiger partial charge is 0.335 e. The van der Waals surface area contributed by atoms with E-state index in [9.17, 15) is 4.79 Å². The van der Waals surface area contributed by atoms with Crippen molar-refractivity contribution < 1.29 is 27.3 Å². The van der Waals surface area contributed by atoms with Crippen molar-refractivity contribution in [2.45, 2.75) is 26.2 Å². The van der Waals surface area contributed by atoms with Crippen molar-refractivity contribution in [2.75, 3.05) is 0 Å². The van der Waals surface area contributed by atoms with Gasteiger partial charge in [0.15, 0.2) is 0 Å². The quantitative estimate of drug-likeness (QED) is 0.863. The van der Waals surface area contributed by atoms with E-state index < -0.39 is 5.97 Å². The molecular weight excluding hydrogens is 216 g/mol. The van der Waals surface area contributed by atoms with Crippen LogP contribution in [-0.2, 0) is 23.8 Å². The normalized spacial score (nSPS) is 9.21. The maximum absolute atomic E-state index is 10.8. The van der Waals surface area contributed by atoms with Crippen LogP contribution in [0.25, 0.3) is 0 Å². The molecule has 0 atom stereocenters. The Labute approximate surface area is 95.1 Å². The molecule has 0 amide bonds. The molecule has 2 nitrogen and oxygen atoms in total. The standard InChI is InChI=1S/C11H14O2.Cr/c1-2-3-6-9-7-4-5-8-10(9)11(12)13;/h4-5,7-8H,2-3,6H2,1H3,(H,12,13);. The summed E-state index contributed by atoms with van der Waals surface area (Å²) in [5.41, 5.74) is 1.38. The molecule has 0 fully saturated rings. The molecule has 0 saturated carbocycles. The number of aromatic carboxylic acids is 1. The van der Waals surface area contributed by atoms with Gasteiger partial charge in [0.2, 0.25) is 0 Å². The summed E-state index contributed by atoms with van der Waals surface area (Å²) < 4.78 is 0. The van der Waals surface area contributed by atoms with E-state index in [0.29, 0.717) is 5.56 Å². The van der Waals surface area contributed by atoms with E-state index in [1.54, 1.807) is 12.1 Å². The van der Waals surface area contributed by atoms with Crippen LogP contribution in [0.15, 0.2) is 24.3 Å². The van der Waals surface area contributed by atoms with Crippen LogP contribution in [-0.4, -0.2) is 11.1 Å². The van der Waals surface area contributed by atoms with Gasteiger partial charge >= 0.3 is 5.97 Å². The minimum absolute atomic E-state index is 0. The molecule has 0 spiro atoms. The van der Waals surface area contributed by atoms with E-state index in [1.807, 2.05) is 12.1 Å². The van der Waals surface area contributed by atoms with Crippen molar-refractivity contribution in [3.8, 4) is 0 Å². The molecule has 3 heteroatoms. The SMILES string of the molecule is CCCCc1ccccc1C(=O)O.[Cr]. The molecule has 0 aliphatic carbocycles. The second-order valence-electron chi connectivity index (χ2n) is 3.07. The number of carboxylic acid groups (broad SMARTS) is 1. The monoisotopic (exact) mass is 230 g/mol. The largest absolute Gasteiger partial charge is 0.478 e. The molecule has 0 heterocycles. The first kappa shape index (κ1) is 13.2. The average molecular weight is 230 g/mol. The van der Waals surface area contributed by atoms with E-state index in [2.05, 4.69) is 6.92 Å². The molecule has 0 radical (unpaired) electrons. The minimum Gasteiger partial charge on any atom is -0.478 e. The number of rotatable bonds is 4. The van der Waals surface area contributed by atoms with Crippen LogP contribution in [0.4, 0.5) is 0 Å². The molecule has 0 aliphatic rings. The molecule has 14 heavy (non-hydrogen) atoms. The van der Waals surface area contributed by atoms with Gasteiger partial charge in [-0.05, 0) is 24.5 Å². The van der Waals surface area contributed by atoms with Gasteiger partial charge in [0, 0.05) is 17.4 Å². The van der Waals surface area contributed by atoms with Crippen molar-refractivity contribution in [1.29, 1.82) is 0 Å². The van der Waals surface area contributed by atoms with Crippen molar-refractivity contribution in [2.24, 2.45) is 0 Å². The van der Waals surface area contributed by atoms with Gasteiger partial charge in [-0.1, -0.05) is 31.5 Å². The van der Waals surface area contributed by atoms with E-state index in [0.717, 1.165) is 24.8 Å². The molecule has 1 aromatic rings. The molecule has 0 aliphatic heterocycles. The predicted molar refractivity (Wildman–Crippen MR) is 52.0 cm³/mol. The van der Waals surface area contributed by atoms with Gasteiger partial charge in [0.05, 0.1) is 5.56 Å². The third-order valence-electron chi connectivity index (χ3n) is 2.05. The molecule has 0 saturated heterocycles. The zero-order valence-electron chi connectivity index (χ0n) is 8.19. The van der Waals surface area contributed by atoms with E-state index in [1.165, 1.54) is 0 Å². The zero-order chi connectivity index (χ0) is 9.68. The summed E-state index contributed by atoms with van der Waals surface area (Å²) in [7, 11) is 0. The van der Waals surface area contributed by atoms with Gasteiger partial charge < -0.3 is 5.11 Å². The zero-order valence-corrected chi connectivity index (χ0v) is 9.47. The summed E-state index contributed by atoms with van der Waals surface area (Å²) in [4.78, 5) is 10.8. The van der Waals surface area contributed by atoms with Gasteiger partial charge in [-0.3, -0.25) is 0 Å². The Hall–Kier alpha value is -0.778. The topological polar surface area (TPSA) is 37.3 Å². The van der Waals surface area contributed by atoms with Crippen LogP contribution in [0.3, 0.4) is 0 Å². The summed E-state index contributed by atoms with van der Waals surface area (Å²) in [6.07, 6.45) is 3.00. The number of aryl methyl sites for hydroxylation is 1. The summed E-state index contributed by atoms with van der Waals surface area (Å²) in [6.45, 7) is 2.10. The van der Waals surface area contributed by atoms with Crippen LogP contribution >= 0.6 is 0 Å². The summed E-state index contributed by atoms with van der Waals surface area (Å²) in [5, 5.41) is 8.86. The van der Waals surface area contributed by atoms with Crippen LogP contribution in [0, 0.1) is 0 Å². The molecule has 0 aromatic heterocycles. The third-order valence-corrected chi connectivity index (χ3v) is 2.05. The maximum Gasteiger partial charge on any atom is 0.335 e. The van der Waals surface area contributed by atoms with Gasteiger partial charge in [0.1, 0.15) is 0 Å². The fraction of sp³-hybridized carbons (Fsp3) is 0.364. The molecule has 0 unspecified atom stereocenters. The van der Waals surface area contributed by atoms with E-state index >= 15 is 0 Å². The number of hydrogen-bond acceptors (Lipinski definition) is 1. The van der Waals surface area contributed by atoms with Gasteiger partial charge in [-0.15, -0.1) is 0 Å². The Morgan fingerprint density at radius 2 is 2.00 bits per heavy atom. The molecule has 1 N–H and O–H groups in total. The number of carboxylic acids is 1. The molecule has 1 aromatic carbocycles. The first-order valence-electron chi connectivity index (χ1n) is 4.57. The second kappa shape index (κ2) is 6.64. The first-order chi connectivity index (χ1) is 6.25. The van der Waals surface area contributed by atoms with Gasteiger partial charge in [-0.2, -0.15) is 0 Å². The van der Waals surface area contributed by atoms with Crippen LogP contribution < -0.4 is 0 Å². The Morgan fingerprint density at radius 3 is 2.57 bits per heavy atom. The summed E-state index contributed by atoms with van der Waals surface area (Å²) >= 11 is 0. The van der Waals surface area contributed by atoms with Crippen molar-refractivity contribution in [3.63, 3.8) is 0 Å². The van der Waals surface area contributed by atoms with Crippen molar-refractivity contribution >= 4 is 5.97 Å². The number of benzene rings is 1. The van der Waals surface area contributed by atoms with E-state index in [4.69, 9.17) is 5.11 Å². The molecule has 0 bridgehead atoms. The fourth-order valence-corrected chi connectivity index (χ4v) is 1.31. The maximum atomic E-state index is 10.8. The molecular formula is C11H14CrO2. The van der Waals surface area contributed by atoms with Crippen molar-refractivity contribution in [3.05, 3.63) is 35.4 Å². The first-order valence-corrected chi connectivity index (χ1v) is 4.57. The van der Waals surface area contributed by atoms with E-state index in [-0.39, 0.29) is 17.4 Å². The average Bonchev–Trinajstić information content (AvgIpc) is 2.15. The van der Waals surface area contributed by atoms with Crippen LogP contribution in [0.5, 0.6) is 0 Å². The van der Waals surface area contributed by atoms with Crippen LogP contribution in [0.1, 0.15) is 35.7 Å². The van der Waals surface area contributed by atoms with Gasteiger partial charge in [0.25, 0.3) is 0 Å². The second-order valence-corrected chi connectivity index (χ2v) is 3.07. The molecule has 1 rings (SSSR count). The Bertz CT molecular complexity index is 297. The number of unbranched alkanes of at least 4 members (excludes halogenated alkanes) is 1. The number of hydrogen-bond donors (Lipinski definition) is 1. The van der Waals surface area contributed by atoms with Crippen molar-refractivity contribution in [1.82, 2.24) is 0 Å². The Morgan fingerprint density at radius 1 is 1.36 bits per heavy atom. The minimum atomic E-state index is -0.827. The third kappa shape index (κ3) is 3.53. The predicted octanol–water partition coefficient (Wildman–Crippen LogP) is 2.72. The number of carbonyl (C=O) groups is 1. The van der Waals surface area contributed by atoms with Gasteiger partial charge in [-0.25, -0.2) is 4.79 Å². The fourth-order valence-electron chi connectivity index (χ4n) is 1.31. The molecule has 76 valence electrons. The summed E-state index contributed by atoms with van der Waals surface area (Å²) in [5.74, 6) is -0.827. The Kier molecular flexibility index (Phi) is 6.27. The summed E-state index contributed by atoms with van der Waals surface area (Å²) in [6, 6.07) is 7.20.